The molecule has 1 aliphatic rings. The Hall–Kier alpha value is -3.50. The van der Waals surface area contributed by atoms with E-state index in [9.17, 15) is 10.1 Å². The molecule has 0 radical (unpaired) electrons. The molecule has 3 heterocycles. The number of nitrogens with one attached hydrogen (secondary N) is 1. The summed E-state index contributed by atoms with van der Waals surface area (Å²) in [7, 11) is 0. The number of fused-ring (bicyclic) bond motifs is 2. The monoisotopic (exact) mass is 427 g/mol. The third-order valence-electron chi connectivity index (χ3n) is 5.72. The van der Waals surface area contributed by atoms with Gasteiger partial charge in [0, 0.05) is 28.6 Å². The van der Waals surface area contributed by atoms with Gasteiger partial charge in [0.1, 0.15) is 11.1 Å². The molecule has 154 valence electrons. The number of pyridine rings is 1. The van der Waals surface area contributed by atoms with Gasteiger partial charge in [0.2, 0.25) is 0 Å². The maximum Gasteiger partial charge on any atom is 0.257 e. The van der Waals surface area contributed by atoms with Crippen LogP contribution in [0.4, 0.5) is 5.00 Å². The van der Waals surface area contributed by atoms with Gasteiger partial charge < -0.3 is 5.32 Å². The van der Waals surface area contributed by atoms with Crippen molar-refractivity contribution < 1.29 is 4.79 Å². The zero-order chi connectivity index (χ0) is 21.4. The van der Waals surface area contributed by atoms with Gasteiger partial charge in [0.15, 0.2) is 0 Å². The van der Waals surface area contributed by atoms with Gasteiger partial charge in [-0.25, -0.2) is 4.98 Å². The highest BCUT2D eigenvalue weighted by Crippen LogP contribution is 2.38. The number of para-hydroxylation sites is 1. The second kappa shape index (κ2) is 7.97. The number of nitriles is 1. The van der Waals surface area contributed by atoms with E-state index >= 15 is 0 Å². The summed E-state index contributed by atoms with van der Waals surface area (Å²) in [5, 5.41) is 18.5. The van der Waals surface area contributed by atoms with Gasteiger partial charge in [0.25, 0.3) is 5.91 Å². The first-order valence-electron chi connectivity index (χ1n) is 10.5. The number of carbonyl (C=O) groups excluding carboxylic acids is 1. The number of aryl methyl sites for hydroxylation is 2. The van der Waals surface area contributed by atoms with E-state index in [0.717, 1.165) is 54.3 Å². The molecule has 0 bridgehead atoms. The lowest BCUT2D eigenvalue weighted by Gasteiger charge is -2.10. The molecular weight excluding hydrogens is 406 g/mol. The highest BCUT2D eigenvalue weighted by atomic mass is 32.1. The molecule has 0 saturated carbocycles. The van der Waals surface area contributed by atoms with Crippen molar-refractivity contribution >= 4 is 33.1 Å². The van der Waals surface area contributed by atoms with Crippen LogP contribution in [0.15, 0.2) is 42.7 Å². The molecule has 1 amide bonds. The summed E-state index contributed by atoms with van der Waals surface area (Å²) in [6, 6.07) is 11.8. The highest BCUT2D eigenvalue weighted by molar-refractivity contribution is 7.16. The highest BCUT2D eigenvalue weighted by Gasteiger charge is 2.23. The van der Waals surface area contributed by atoms with Gasteiger partial charge in [-0.1, -0.05) is 18.2 Å². The van der Waals surface area contributed by atoms with Crippen LogP contribution in [0.5, 0.6) is 0 Å². The lowest BCUT2D eigenvalue weighted by molar-refractivity contribution is 0.102. The van der Waals surface area contributed by atoms with Gasteiger partial charge in [-0.2, -0.15) is 10.4 Å². The molecule has 0 spiro atoms. The van der Waals surface area contributed by atoms with Crippen LogP contribution in [0.25, 0.3) is 22.2 Å². The minimum Gasteiger partial charge on any atom is -0.312 e. The molecule has 4 aromatic rings. The van der Waals surface area contributed by atoms with Crippen molar-refractivity contribution in [2.45, 2.75) is 39.2 Å². The van der Waals surface area contributed by atoms with E-state index in [1.165, 1.54) is 16.2 Å². The first-order chi connectivity index (χ1) is 15.2. The van der Waals surface area contributed by atoms with Gasteiger partial charge in [0.05, 0.1) is 28.5 Å². The lowest BCUT2D eigenvalue weighted by Crippen LogP contribution is -2.13. The van der Waals surface area contributed by atoms with Crippen LogP contribution in [0.1, 0.15) is 46.1 Å². The average Bonchev–Trinajstić information content (AvgIpc) is 3.42. The van der Waals surface area contributed by atoms with Gasteiger partial charge in [-0.3, -0.25) is 9.48 Å². The Morgan fingerprint density at radius 2 is 2.13 bits per heavy atom. The minimum atomic E-state index is -0.224. The van der Waals surface area contributed by atoms with Crippen LogP contribution in [-0.2, 0) is 19.4 Å². The van der Waals surface area contributed by atoms with E-state index in [1.54, 1.807) is 6.20 Å². The number of anilines is 1. The van der Waals surface area contributed by atoms with Crippen LogP contribution >= 0.6 is 11.3 Å². The first kappa shape index (κ1) is 19.5. The summed E-state index contributed by atoms with van der Waals surface area (Å²) in [5.74, 6) is -0.224. The number of hydrogen-bond acceptors (Lipinski definition) is 5. The van der Waals surface area contributed by atoms with E-state index in [-0.39, 0.29) is 5.91 Å². The van der Waals surface area contributed by atoms with Gasteiger partial charge in [-0.15, -0.1) is 11.3 Å². The topological polar surface area (TPSA) is 83.6 Å². The minimum absolute atomic E-state index is 0.224. The molecule has 7 heteroatoms. The number of carbonyl (C=O) groups is 1. The van der Waals surface area contributed by atoms with Crippen LogP contribution < -0.4 is 5.32 Å². The molecule has 3 aromatic heterocycles. The van der Waals surface area contributed by atoms with Crippen molar-refractivity contribution in [3.05, 3.63) is 64.3 Å². The van der Waals surface area contributed by atoms with E-state index in [4.69, 9.17) is 4.98 Å². The fourth-order valence-electron chi connectivity index (χ4n) is 4.12. The van der Waals surface area contributed by atoms with Crippen molar-refractivity contribution in [3.8, 4) is 17.3 Å². The van der Waals surface area contributed by atoms with E-state index in [2.05, 4.69) is 16.5 Å². The summed E-state index contributed by atoms with van der Waals surface area (Å²) >= 11 is 1.54. The molecular formula is C24H21N5OS. The number of thiophene rings is 1. The average molecular weight is 428 g/mol. The summed E-state index contributed by atoms with van der Waals surface area (Å²) < 4.78 is 1.83. The molecule has 1 N–H and O–H groups in total. The molecule has 5 rings (SSSR count). The maximum atomic E-state index is 13.4. The van der Waals surface area contributed by atoms with Crippen LogP contribution in [0.3, 0.4) is 0 Å². The van der Waals surface area contributed by atoms with Crippen molar-refractivity contribution in [2.75, 3.05) is 5.32 Å². The molecule has 0 aliphatic heterocycles. The molecule has 0 unspecified atom stereocenters. The SMILES string of the molecule is CCn1cc(-c2cc(C(=O)Nc3sc4c(c3C#N)CCCC4)c3ccccc3n2)cn1. The van der Waals surface area contributed by atoms with Gasteiger partial charge >= 0.3 is 0 Å². The van der Waals surface area contributed by atoms with Crippen molar-refractivity contribution in [2.24, 2.45) is 0 Å². The van der Waals surface area contributed by atoms with Crippen LogP contribution in [0.2, 0.25) is 0 Å². The van der Waals surface area contributed by atoms with Crippen LogP contribution in [-0.4, -0.2) is 20.7 Å². The molecule has 6 nitrogen and oxygen atoms in total. The Bertz CT molecular complexity index is 1340. The Labute approximate surface area is 184 Å². The molecule has 0 fully saturated rings. The van der Waals surface area contributed by atoms with Gasteiger partial charge in [-0.05, 0) is 50.3 Å². The number of amides is 1. The number of rotatable bonds is 4. The largest absolute Gasteiger partial charge is 0.312 e. The smallest absolute Gasteiger partial charge is 0.257 e. The molecule has 1 aliphatic carbocycles. The molecule has 0 saturated heterocycles. The second-order valence-electron chi connectivity index (χ2n) is 7.64. The standard InChI is InChI=1S/C24H21N5OS/c1-2-29-14-15(13-26-29)21-11-18(16-7-3-5-9-20(16)27-21)23(30)28-24-19(12-25)17-8-4-6-10-22(17)31-24/h3,5,7,9,11,13-14H,2,4,6,8,10H2,1H3,(H,28,30). The molecule has 0 atom stereocenters. The quantitative estimate of drug-likeness (QED) is 0.486. The Balaban J connectivity index is 1.57. The summed E-state index contributed by atoms with van der Waals surface area (Å²) in [4.78, 5) is 19.4. The summed E-state index contributed by atoms with van der Waals surface area (Å²) in [5.41, 5.74) is 4.60. The molecule has 31 heavy (non-hydrogen) atoms. The van der Waals surface area contributed by atoms with E-state index in [1.807, 2.05) is 48.1 Å². The Morgan fingerprint density at radius 3 is 2.94 bits per heavy atom. The number of benzene rings is 1. The van der Waals surface area contributed by atoms with Crippen molar-refractivity contribution in [1.82, 2.24) is 14.8 Å². The lowest BCUT2D eigenvalue weighted by atomic mass is 9.96. The van der Waals surface area contributed by atoms with E-state index < -0.39 is 0 Å². The number of aromatic nitrogens is 3. The first-order valence-corrected chi connectivity index (χ1v) is 11.3. The Kier molecular flexibility index (Phi) is 5.00. The maximum absolute atomic E-state index is 13.4. The zero-order valence-corrected chi connectivity index (χ0v) is 18.0. The van der Waals surface area contributed by atoms with Crippen molar-refractivity contribution in [3.63, 3.8) is 0 Å². The second-order valence-corrected chi connectivity index (χ2v) is 8.74. The van der Waals surface area contributed by atoms with E-state index in [0.29, 0.717) is 21.8 Å². The number of nitrogens with zero attached hydrogens (tertiary/aromatic N) is 4. The third kappa shape index (κ3) is 3.49. The fraction of sp³-hybridized carbons (Fsp3) is 0.250. The predicted molar refractivity (Wildman–Crippen MR) is 122 cm³/mol. The zero-order valence-electron chi connectivity index (χ0n) is 17.2. The summed E-state index contributed by atoms with van der Waals surface area (Å²) in [6.45, 7) is 2.79. The molecule has 1 aromatic carbocycles. The summed E-state index contributed by atoms with van der Waals surface area (Å²) in [6.07, 6.45) is 7.82. The fourth-order valence-corrected chi connectivity index (χ4v) is 5.36. The van der Waals surface area contributed by atoms with Crippen molar-refractivity contribution in [1.29, 1.82) is 5.26 Å². The number of hydrogen-bond donors (Lipinski definition) is 1. The predicted octanol–water partition coefficient (Wildman–Crippen LogP) is 5.18. The third-order valence-corrected chi connectivity index (χ3v) is 6.93. The van der Waals surface area contributed by atoms with Crippen LogP contribution in [0, 0.1) is 11.3 Å². The normalized spacial score (nSPS) is 13.0. The Morgan fingerprint density at radius 1 is 1.29 bits per heavy atom.